The summed E-state index contributed by atoms with van der Waals surface area (Å²) in [7, 11) is 0. The first-order valence-corrected chi connectivity index (χ1v) is 0.258. The van der Waals surface area contributed by atoms with E-state index in [2.05, 4.69) is 5.90 Å². The van der Waals surface area contributed by atoms with E-state index in [1.807, 2.05) is 0 Å². The summed E-state index contributed by atoms with van der Waals surface area (Å²) < 4.78 is 0. The van der Waals surface area contributed by atoms with Crippen LogP contribution in [0.2, 0.25) is 0 Å². The molecule has 5 N–H and O–H groups in total. The van der Waals surface area contributed by atoms with E-state index < -0.39 is 0 Å². The van der Waals surface area contributed by atoms with E-state index in [4.69, 9.17) is 5.21 Å². The molecule has 0 radical (unpaired) electrons. The lowest BCUT2D eigenvalue weighted by Gasteiger charge is -1.27. The molecule has 0 aliphatic heterocycles. The number of rotatable bonds is 0. The number of hydrogen-bond acceptors (Lipinski definition) is 2. The average molecular weight is 67.1 g/mol. The molecule has 0 rings (SSSR count). The van der Waals surface area contributed by atoms with Crippen molar-refractivity contribution >= 4 is 0 Å². The van der Waals surface area contributed by atoms with Crippen molar-refractivity contribution in [3.63, 3.8) is 0 Å². The summed E-state index contributed by atoms with van der Waals surface area (Å²) in [5.74, 6) is 3.50. The van der Waals surface area contributed by atoms with Crippen molar-refractivity contribution in [1.29, 1.82) is 0 Å². The Morgan fingerprint density at radius 2 is 1.25 bits per heavy atom. The predicted octanol–water partition coefficient (Wildman–Crippen LogP) is -0.854. The second-order valence-corrected chi connectivity index (χ2v) is 0. The number of hydrogen-bond donors (Lipinski definition) is 2. The fourth-order valence-electron chi connectivity index (χ4n) is 0. The topological polar surface area (TPSA) is 77.8 Å². The van der Waals surface area contributed by atoms with Gasteiger partial charge in [0.15, 0.2) is 0 Å². The van der Waals surface area contributed by atoms with Gasteiger partial charge < -0.3 is 10.7 Å². The molecular weight excluding hydrogens is 58.0 g/mol. The first-order chi connectivity index (χ1) is 1.00. The molecule has 0 amide bonds. The van der Waals surface area contributed by atoms with Gasteiger partial charge in [-0.15, -0.1) is 0 Å². The van der Waals surface area contributed by atoms with Crippen LogP contribution in [0, 0.1) is 0 Å². The largest absolute Gasteiger partial charge is 0.412 e. The van der Waals surface area contributed by atoms with Gasteiger partial charge in [-0.2, -0.15) is 0 Å². The van der Waals surface area contributed by atoms with E-state index in [9.17, 15) is 0 Å². The van der Waals surface area contributed by atoms with Gasteiger partial charge in [-0.25, -0.2) is 5.90 Å². The second-order valence-electron chi connectivity index (χ2n) is 0. The van der Waals surface area contributed by atoms with Gasteiger partial charge in [0.1, 0.15) is 0 Å². The lowest BCUT2D eigenvalue weighted by Crippen LogP contribution is -1.72. The van der Waals surface area contributed by atoms with Gasteiger partial charge in [0.25, 0.3) is 0 Å². The zero-order valence-electron chi connectivity index (χ0n) is 1.52. The van der Waals surface area contributed by atoms with E-state index in [1.54, 1.807) is 0 Å². The third-order valence-electron chi connectivity index (χ3n) is 0. The first kappa shape index (κ1) is 41.6. The molecule has 3 nitrogen and oxygen atoms in total. The SMILES string of the molecule is C.NO.O. The highest BCUT2D eigenvalue weighted by atomic mass is 16.4. The van der Waals surface area contributed by atoms with Crippen LogP contribution in [0.3, 0.4) is 0 Å². The quantitative estimate of drug-likeness (QED) is 0.362. The van der Waals surface area contributed by atoms with Crippen LogP contribution in [-0.4, -0.2) is 10.7 Å². The average Bonchev–Trinajstić information content (AvgIpc) is 1.00. The fourth-order valence-corrected chi connectivity index (χ4v) is 0. The van der Waals surface area contributed by atoms with Crippen LogP contribution >= 0.6 is 0 Å². The monoisotopic (exact) mass is 67.1 g/mol. The summed E-state index contributed by atoms with van der Waals surface area (Å²) in [5.41, 5.74) is 0. The van der Waals surface area contributed by atoms with Crippen LogP contribution in [0.5, 0.6) is 0 Å². The smallest absolute Gasteiger partial charge is 0.0776 e. The van der Waals surface area contributed by atoms with Crippen molar-refractivity contribution in [3.05, 3.63) is 0 Å². The van der Waals surface area contributed by atoms with Gasteiger partial charge >= 0.3 is 0 Å². The number of nitrogens with two attached hydrogens (primary N) is 1. The molecule has 30 valence electrons. The Labute approximate surface area is 25.3 Å². The van der Waals surface area contributed by atoms with Crippen LogP contribution in [-0.2, 0) is 0 Å². The zero-order valence-corrected chi connectivity index (χ0v) is 1.52. The Morgan fingerprint density at radius 1 is 1.25 bits per heavy atom. The molecule has 3 heteroatoms. The Bertz CT molecular complexity index is 6.00. The van der Waals surface area contributed by atoms with E-state index in [1.165, 1.54) is 0 Å². The summed E-state index contributed by atoms with van der Waals surface area (Å²) >= 11 is 0. The van der Waals surface area contributed by atoms with Gasteiger partial charge in [0, 0.05) is 0 Å². The van der Waals surface area contributed by atoms with E-state index >= 15 is 0 Å². The molecule has 0 aliphatic carbocycles. The van der Waals surface area contributed by atoms with Crippen molar-refractivity contribution in [3.8, 4) is 0 Å². The van der Waals surface area contributed by atoms with E-state index in [0.29, 0.717) is 0 Å². The van der Waals surface area contributed by atoms with Crippen molar-refractivity contribution in [2.24, 2.45) is 5.90 Å². The molecule has 0 atom stereocenters. The Morgan fingerprint density at radius 3 is 1.25 bits per heavy atom. The van der Waals surface area contributed by atoms with Crippen LogP contribution < -0.4 is 5.90 Å². The Hall–Kier alpha value is -0.120. The molecule has 0 unspecified atom stereocenters. The minimum atomic E-state index is 0. The van der Waals surface area contributed by atoms with Crippen molar-refractivity contribution in [1.82, 2.24) is 0 Å². The fraction of sp³-hybridized carbons (Fsp3) is 1.00. The Kier molecular flexibility index (Phi) is 7340. The summed E-state index contributed by atoms with van der Waals surface area (Å²) in [6, 6.07) is 0. The standard InChI is InChI=1S/CH4.H3NO.H2O/c;1-2;/h1H4;2H,1H2;1H2. The molecule has 0 saturated heterocycles. The summed E-state index contributed by atoms with van der Waals surface area (Å²) in [5, 5.41) is 6.50. The van der Waals surface area contributed by atoms with Crippen molar-refractivity contribution < 1.29 is 10.7 Å². The summed E-state index contributed by atoms with van der Waals surface area (Å²) in [6.07, 6.45) is 0. The van der Waals surface area contributed by atoms with Gasteiger partial charge in [0.2, 0.25) is 0 Å². The molecule has 0 spiro atoms. The molecule has 0 aliphatic rings. The lowest BCUT2D eigenvalue weighted by atomic mass is 12.0. The van der Waals surface area contributed by atoms with Crippen LogP contribution in [0.1, 0.15) is 7.43 Å². The molecule has 0 bridgehead atoms. The molecule has 0 saturated carbocycles. The van der Waals surface area contributed by atoms with Gasteiger partial charge in [-0.3, -0.25) is 0 Å². The minimum Gasteiger partial charge on any atom is -0.412 e. The highest BCUT2D eigenvalue weighted by Crippen LogP contribution is 0.410. The molecular formula is CH9NO2. The maximum atomic E-state index is 6.50. The maximum Gasteiger partial charge on any atom is -0.0776 e. The molecule has 0 aromatic rings. The molecule has 4 heavy (non-hydrogen) atoms. The molecule has 0 heterocycles. The van der Waals surface area contributed by atoms with Gasteiger partial charge in [-0.1, -0.05) is 7.43 Å². The zero-order chi connectivity index (χ0) is 2.00. The lowest BCUT2D eigenvalue weighted by molar-refractivity contribution is 0.311. The van der Waals surface area contributed by atoms with E-state index in [0.717, 1.165) is 0 Å². The third kappa shape index (κ3) is 101. The molecule has 0 aromatic carbocycles. The highest BCUT2D eigenvalue weighted by molar-refractivity contribution is 2.77. The van der Waals surface area contributed by atoms with Gasteiger partial charge in [-0.05, 0) is 0 Å². The highest BCUT2D eigenvalue weighted by Gasteiger charge is 0.732. The van der Waals surface area contributed by atoms with Crippen molar-refractivity contribution in [2.75, 3.05) is 0 Å². The maximum absolute atomic E-state index is 6.50. The van der Waals surface area contributed by atoms with Crippen molar-refractivity contribution in [2.45, 2.75) is 7.43 Å². The van der Waals surface area contributed by atoms with Gasteiger partial charge in [0.05, 0.1) is 0 Å². The summed E-state index contributed by atoms with van der Waals surface area (Å²) in [6.45, 7) is 0. The summed E-state index contributed by atoms with van der Waals surface area (Å²) in [4.78, 5) is 0. The predicted molar refractivity (Wildman–Crippen MR) is 16.3 cm³/mol. The third-order valence-corrected chi connectivity index (χ3v) is 0. The van der Waals surface area contributed by atoms with Crippen LogP contribution in [0.15, 0.2) is 0 Å². The minimum absolute atomic E-state index is 0. The molecule has 0 fully saturated rings. The Balaban J connectivity index is -0.00000000500. The van der Waals surface area contributed by atoms with Crippen LogP contribution in [0.25, 0.3) is 0 Å². The molecule has 0 aromatic heterocycles. The second kappa shape index (κ2) is 707. The first-order valence-electron chi connectivity index (χ1n) is 0.258. The van der Waals surface area contributed by atoms with E-state index in [-0.39, 0.29) is 12.9 Å². The van der Waals surface area contributed by atoms with Crippen LogP contribution in [0.4, 0.5) is 0 Å². The normalized spacial score (nSPS) is 1.50.